The summed E-state index contributed by atoms with van der Waals surface area (Å²) in [5, 5.41) is 10.3. The number of aliphatic hydroxyl groups is 1. The van der Waals surface area contributed by atoms with Gasteiger partial charge in [0.05, 0.1) is 12.6 Å². The second-order valence-electron chi connectivity index (χ2n) is 5.21. The van der Waals surface area contributed by atoms with Crippen LogP contribution in [0.25, 0.3) is 0 Å². The predicted molar refractivity (Wildman–Crippen MR) is 80.3 cm³/mol. The smallest absolute Gasteiger partial charge is 0.122 e. The molecule has 0 aliphatic carbocycles. The Bertz CT molecular complexity index is 533. The number of benzene rings is 1. The van der Waals surface area contributed by atoms with Gasteiger partial charge in [0, 0.05) is 26.0 Å². The monoisotopic (exact) mass is 273 g/mol. The molecule has 0 amide bonds. The van der Waals surface area contributed by atoms with Crippen LogP contribution in [0, 0.1) is 6.92 Å². The van der Waals surface area contributed by atoms with E-state index in [1.165, 1.54) is 5.56 Å². The fraction of sp³-hybridized carbons (Fsp3) is 0.438. The van der Waals surface area contributed by atoms with Gasteiger partial charge in [-0.05, 0) is 19.0 Å². The van der Waals surface area contributed by atoms with Crippen molar-refractivity contribution in [3.8, 4) is 0 Å². The molecule has 0 spiro atoms. The summed E-state index contributed by atoms with van der Waals surface area (Å²) in [6, 6.07) is 8.06. The molecule has 0 aliphatic rings. The summed E-state index contributed by atoms with van der Waals surface area (Å²) < 4.78 is 2.01. The van der Waals surface area contributed by atoms with Crippen LogP contribution in [0.5, 0.6) is 0 Å². The van der Waals surface area contributed by atoms with Gasteiger partial charge in [-0.15, -0.1) is 0 Å². The van der Waals surface area contributed by atoms with E-state index in [0.717, 1.165) is 24.5 Å². The van der Waals surface area contributed by atoms with E-state index in [1.807, 2.05) is 42.1 Å². The highest BCUT2D eigenvalue weighted by Crippen LogP contribution is 2.16. The molecule has 2 rings (SSSR count). The first-order valence-electron chi connectivity index (χ1n) is 7.03. The highest BCUT2D eigenvalue weighted by atomic mass is 16.3. The summed E-state index contributed by atoms with van der Waals surface area (Å²) in [6.45, 7) is 6.41. The number of imidazole rings is 1. The van der Waals surface area contributed by atoms with Crippen LogP contribution < -0.4 is 0 Å². The van der Waals surface area contributed by atoms with Crippen LogP contribution in [0.15, 0.2) is 36.7 Å². The van der Waals surface area contributed by atoms with Gasteiger partial charge < -0.3 is 9.67 Å². The zero-order chi connectivity index (χ0) is 14.5. The molecule has 0 bridgehead atoms. The van der Waals surface area contributed by atoms with Gasteiger partial charge in [0.1, 0.15) is 5.82 Å². The first-order chi connectivity index (χ1) is 9.60. The largest absolute Gasteiger partial charge is 0.387 e. The quantitative estimate of drug-likeness (QED) is 0.878. The molecule has 1 N–H and O–H groups in total. The first kappa shape index (κ1) is 14.8. The Hall–Kier alpha value is -1.65. The average molecular weight is 273 g/mol. The molecule has 0 radical (unpaired) electrons. The lowest BCUT2D eigenvalue weighted by atomic mass is 10.1. The van der Waals surface area contributed by atoms with Crippen molar-refractivity contribution in [1.29, 1.82) is 0 Å². The molecule has 0 fully saturated rings. The Morgan fingerprint density at radius 3 is 2.55 bits per heavy atom. The summed E-state index contributed by atoms with van der Waals surface area (Å²) >= 11 is 0. The Morgan fingerprint density at radius 2 is 2.00 bits per heavy atom. The van der Waals surface area contributed by atoms with E-state index < -0.39 is 6.10 Å². The predicted octanol–water partition coefficient (Wildman–Crippen LogP) is 2.28. The molecule has 0 saturated carbocycles. The number of aryl methyl sites for hydroxylation is 2. The van der Waals surface area contributed by atoms with Crippen LogP contribution >= 0.6 is 0 Å². The normalized spacial score (nSPS) is 12.8. The van der Waals surface area contributed by atoms with Crippen LogP contribution in [0.2, 0.25) is 0 Å². The van der Waals surface area contributed by atoms with Gasteiger partial charge in [-0.25, -0.2) is 4.98 Å². The van der Waals surface area contributed by atoms with E-state index in [9.17, 15) is 5.11 Å². The number of nitrogens with zero attached hydrogens (tertiary/aromatic N) is 3. The minimum atomic E-state index is -0.462. The van der Waals surface area contributed by atoms with Crippen molar-refractivity contribution in [3.05, 3.63) is 53.6 Å². The topological polar surface area (TPSA) is 41.3 Å². The molecule has 1 unspecified atom stereocenters. The summed E-state index contributed by atoms with van der Waals surface area (Å²) in [5.41, 5.74) is 2.18. The maximum atomic E-state index is 10.3. The molecule has 4 heteroatoms. The summed E-state index contributed by atoms with van der Waals surface area (Å²) in [5.74, 6) is 1.02. The van der Waals surface area contributed by atoms with Crippen molar-refractivity contribution in [3.63, 3.8) is 0 Å². The molecule has 2 aromatic rings. The lowest BCUT2D eigenvalue weighted by Crippen LogP contribution is -2.29. The second-order valence-corrected chi connectivity index (χ2v) is 5.21. The number of hydrogen-bond donors (Lipinski definition) is 1. The molecule has 1 heterocycles. The molecule has 20 heavy (non-hydrogen) atoms. The Morgan fingerprint density at radius 1 is 1.30 bits per heavy atom. The van der Waals surface area contributed by atoms with Crippen molar-refractivity contribution in [2.45, 2.75) is 26.5 Å². The fourth-order valence-electron chi connectivity index (χ4n) is 2.19. The highest BCUT2D eigenvalue weighted by molar-refractivity contribution is 5.23. The minimum Gasteiger partial charge on any atom is -0.387 e. The maximum Gasteiger partial charge on any atom is 0.122 e. The van der Waals surface area contributed by atoms with Crippen LogP contribution in [0.3, 0.4) is 0 Å². The molecular weight excluding hydrogens is 250 g/mol. The standard InChI is InChI=1S/C16H23N3O/c1-4-19(12-16-17-9-10-18(16)3)11-15(20)14-7-5-13(2)6-8-14/h5-10,15,20H,4,11-12H2,1-3H3. The van der Waals surface area contributed by atoms with E-state index in [4.69, 9.17) is 0 Å². The molecule has 108 valence electrons. The third-order valence-electron chi connectivity index (χ3n) is 3.63. The molecule has 0 saturated heterocycles. The van der Waals surface area contributed by atoms with Crippen molar-refractivity contribution < 1.29 is 5.11 Å². The van der Waals surface area contributed by atoms with Crippen LogP contribution in [0.4, 0.5) is 0 Å². The SMILES string of the molecule is CCN(Cc1nccn1C)CC(O)c1ccc(C)cc1. The van der Waals surface area contributed by atoms with Gasteiger partial charge in [-0.3, -0.25) is 4.90 Å². The zero-order valence-corrected chi connectivity index (χ0v) is 12.5. The van der Waals surface area contributed by atoms with E-state index in [-0.39, 0.29) is 0 Å². The molecular formula is C16H23N3O. The van der Waals surface area contributed by atoms with Gasteiger partial charge >= 0.3 is 0 Å². The maximum absolute atomic E-state index is 10.3. The molecule has 1 aromatic carbocycles. The average Bonchev–Trinajstić information content (AvgIpc) is 2.84. The third kappa shape index (κ3) is 3.68. The Kier molecular flexibility index (Phi) is 4.93. The highest BCUT2D eigenvalue weighted by Gasteiger charge is 2.14. The van der Waals surface area contributed by atoms with Gasteiger partial charge in [-0.1, -0.05) is 36.8 Å². The van der Waals surface area contributed by atoms with E-state index in [2.05, 4.69) is 23.7 Å². The molecule has 1 aromatic heterocycles. The van der Waals surface area contributed by atoms with Crippen LogP contribution in [-0.4, -0.2) is 32.6 Å². The first-order valence-corrected chi connectivity index (χ1v) is 7.03. The lowest BCUT2D eigenvalue weighted by Gasteiger charge is -2.23. The lowest BCUT2D eigenvalue weighted by molar-refractivity contribution is 0.110. The summed E-state index contributed by atoms with van der Waals surface area (Å²) in [6.07, 6.45) is 3.29. The van der Waals surface area contributed by atoms with Crippen molar-refractivity contribution in [2.75, 3.05) is 13.1 Å². The Labute approximate surface area is 120 Å². The van der Waals surface area contributed by atoms with Gasteiger partial charge in [0.25, 0.3) is 0 Å². The van der Waals surface area contributed by atoms with Crippen molar-refractivity contribution in [2.24, 2.45) is 7.05 Å². The van der Waals surface area contributed by atoms with Gasteiger partial charge in [-0.2, -0.15) is 0 Å². The molecule has 1 atom stereocenters. The minimum absolute atomic E-state index is 0.462. The van der Waals surface area contributed by atoms with E-state index in [1.54, 1.807) is 6.20 Å². The number of likely N-dealkylation sites (N-methyl/N-ethyl adjacent to an activating group) is 1. The molecule has 4 nitrogen and oxygen atoms in total. The van der Waals surface area contributed by atoms with E-state index >= 15 is 0 Å². The summed E-state index contributed by atoms with van der Waals surface area (Å²) in [4.78, 5) is 6.54. The van der Waals surface area contributed by atoms with Gasteiger partial charge in [0.15, 0.2) is 0 Å². The zero-order valence-electron chi connectivity index (χ0n) is 12.5. The number of aromatic nitrogens is 2. The number of hydrogen-bond acceptors (Lipinski definition) is 3. The van der Waals surface area contributed by atoms with E-state index in [0.29, 0.717) is 6.54 Å². The van der Waals surface area contributed by atoms with Crippen molar-refractivity contribution in [1.82, 2.24) is 14.5 Å². The van der Waals surface area contributed by atoms with Crippen molar-refractivity contribution >= 4 is 0 Å². The number of rotatable bonds is 6. The third-order valence-corrected chi connectivity index (χ3v) is 3.63. The van der Waals surface area contributed by atoms with Gasteiger partial charge in [0.2, 0.25) is 0 Å². The fourth-order valence-corrected chi connectivity index (χ4v) is 2.19. The second kappa shape index (κ2) is 6.68. The number of aliphatic hydroxyl groups excluding tert-OH is 1. The Balaban J connectivity index is 1.99. The molecule has 0 aliphatic heterocycles. The summed E-state index contributed by atoms with van der Waals surface area (Å²) in [7, 11) is 1.99. The van der Waals surface area contributed by atoms with Crippen LogP contribution in [0.1, 0.15) is 30.0 Å². The van der Waals surface area contributed by atoms with Crippen LogP contribution in [-0.2, 0) is 13.6 Å².